The number of aliphatic carboxylic acids is 1. The number of rotatable bonds is 15. The maximum atomic E-state index is 10.3. The van der Waals surface area contributed by atoms with Gasteiger partial charge in [0.15, 0.2) is 0 Å². The van der Waals surface area contributed by atoms with Crippen LogP contribution in [0.25, 0.3) is 0 Å². The molecule has 0 saturated carbocycles. The van der Waals surface area contributed by atoms with Gasteiger partial charge in [-0.3, -0.25) is 4.79 Å². The Bertz CT molecular complexity index is 481. The van der Waals surface area contributed by atoms with E-state index in [1.165, 1.54) is 6.42 Å². The lowest BCUT2D eigenvalue weighted by Gasteiger charge is -1.98. The van der Waals surface area contributed by atoms with Gasteiger partial charge in [0.1, 0.15) is 0 Å². The van der Waals surface area contributed by atoms with Gasteiger partial charge in [0.25, 0.3) is 0 Å². The fourth-order valence-electron chi connectivity index (χ4n) is 2.25. The van der Waals surface area contributed by atoms with Crippen LogP contribution in [0, 0.1) is 17.2 Å². The zero-order valence-corrected chi connectivity index (χ0v) is 15.6. The van der Waals surface area contributed by atoms with E-state index in [-0.39, 0.29) is 6.42 Å². The molecule has 3 nitrogen and oxygen atoms in total. The summed E-state index contributed by atoms with van der Waals surface area (Å²) in [6.07, 6.45) is 26.1. The van der Waals surface area contributed by atoms with E-state index in [1.54, 1.807) is 0 Å². The summed E-state index contributed by atoms with van der Waals surface area (Å²) in [5, 5.41) is 17.0. The number of hydrogen-bond acceptors (Lipinski definition) is 2. The molecule has 0 aliphatic carbocycles. The van der Waals surface area contributed by atoms with Gasteiger partial charge in [-0.25, -0.2) is 0 Å². The van der Waals surface area contributed by atoms with Crippen molar-refractivity contribution in [1.29, 1.82) is 5.26 Å². The molecule has 0 aromatic carbocycles. The monoisotopic (exact) mass is 343 g/mol. The van der Waals surface area contributed by atoms with Crippen molar-refractivity contribution >= 4 is 5.97 Å². The Morgan fingerprint density at radius 2 is 1.56 bits per heavy atom. The summed E-state index contributed by atoms with van der Waals surface area (Å²) in [4.78, 5) is 10.3. The second-order valence-corrected chi connectivity index (χ2v) is 6.17. The molecule has 0 aromatic heterocycles. The molecule has 0 fully saturated rings. The maximum absolute atomic E-state index is 10.3. The van der Waals surface area contributed by atoms with Crippen LogP contribution >= 0.6 is 0 Å². The van der Waals surface area contributed by atoms with E-state index < -0.39 is 5.97 Å². The Morgan fingerprint density at radius 3 is 2.28 bits per heavy atom. The Kier molecular flexibility index (Phi) is 16.7. The summed E-state index contributed by atoms with van der Waals surface area (Å²) in [5.41, 5.74) is 0. The molecule has 0 saturated heterocycles. The molecule has 0 radical (unpaired) electrons. The molecule has 0 unspecified atom stereocenters. The molecule has 1 atom stereocenters. The SMILES string of the molecule is C[C@H](/C=C\C/C=C\C/C=C\CCCC(=O)O)/C=C\CCCCCC#N. The highest BCUT2D eigenvalue weighted by molar-refractivity contribution is 5.66. The van der Waals surface area contributed by atoms with Gasteiger partial charge >= 0.3 is 5.97 Å². The fraction of sp³-hybridized carbons (Fsp3) is 0.545. The maximum Gasteiger partial charge on any atom is 0.303 e. The highest BCUT2D eigenvalue weighted by atomic mass is 16.4. The number of unbranched alkanes of at least 4 members (excludes halogenated alkanes) is 5. The molecule has 25 heavy (non-hydrogen) atoms. The van der Waals surface area contributed by atoms with E-state index in [2.05, 4.69) is 61.6 Å². The van der Waals surface area contributed by atoms with Crippen LogP contribution in [-0.4, -0.2) is 11.1 Å². The second-order valence-electron chi connectivity index (χ2n) is 6.17. The van der Waals surface area contributed by atoms with E-state index in [4.69, 9.17) is 10.4 Å². The van der Waals surface area contributed by atoms with Crippen molar-refractivity contribution in [3.63, 3.8) is 0 Å². The predicted octanol–water partition coefficient (Wildman–Crippen LogP) is 6.36. The Labute approximate surface area is 153 Å². The van der Waals surface area contributed by atoms with Gasteiger partial charge in [0.2, 0.25) is 0 Å². The van der Waals surface area contributed by atoms with Crippen molar-refractivity contribution in [3.05, 3.63) is 48.6 Å². The summed E-state index contributed by atoms with van der Waals surface area (Å²) in [5.74, 6) is -0.263. The molecule has 0 aliphatic rings. The number of nitriles is 1. The van der Waals surface area contributed by atoms with Gasteiger partial charge in [-0.1, -0.05) is 62.0 Å². The molecule has 0 rings (SSSR count). The minimum Gasteiger partial charge on any atom is -0.481 e. The van der Waals surface area contributed by atoms with E-state index in [0.717, 1.165) is 38.5 Å². The standard InChI is InChI=1S/C22H33NO2/c1-21(18-14-10-7-8-12-16-20-23)17-13-9-5-3-2-4-6-11-15-19-22(24)25/h3-6,13-14,17-18,21H,2,7-12,15-16,19H2,1H3,(H,24,25)/b5-3-,6-4-,17-13-,18-14-/t21-/m1/s1. The Morgan fingerprint density at radius 1 is 0.920 bits per heavy atom. The molecular weight excluding hydrogens is 310 g/mol. The Hall–Kier alpha value is -2.08. The summed E-state index contributed by atoms with van der Waals surface area (Å²) in [6, 6.07) is 2.18. The molecule has 0 spiro atoms. The third kappa shape index (κ3) is 19.9. The quantitative estimate of drug-likeness (QED) is 0.278. The number of carboxylic acid groups (broad SMARTS) is 1. The minimum atomic E-state index is -0.722. The second kappa shape index (κ2) is 18.3. The molecule has 3 heteroatoms. The normalized spacial score (nSPS) is 13.3. The summed E-state index contributed by atoms with van der Waals surface area (Å²) in [6.45, 7) is 2.19. The molecule has 1 N–H and O–H groups in total. The lowest BCUT2D eigenvalue weighted by Crippen LogP contribution is -1.92. The molecule has 0 heterocycles. The molecule has 0 bridgehead atoms. The van der Waals surface area contributed by atoms with Gasteiger partial charge in [-0.15, -0.1) is 0 Å². The number of hydrogen-bond donors (Lipinski definition) is 1. The van der Waals surface area contributed by atoms with Gasteiger partial charge < -0.3 is 5.11 Å². The van der Waals surface area contributed by atoms with Crippen LogP contribution in [0.3, 0.4) is 0 Å². The summed E-state index contributed by atoms with van der Waals surface area (Å²) < 4.78 is 0. The number of carboxylic acids is 1. The van der Waals surface area contributed by atoms with E-state index in [9.17, 15) is 4.79 Å². The van der Waals surface area contributed by atoms with Crippen molar-refractivity contribution in [1.82, 2.24) is 0 Å². The van der Waals surface area contributed by atoms with Crippen molar-refractivity contribution in [2.24, 2.45) is 5.92 Å². The zero-order chi connectivity index (χ0) is 18.6. The van der Waals surface area contributed by atoms with Crippen molar-refractivity contribution < 1.29 is 9.90 Å². The van der Waals surface area contributed by atoms with Crippen LogP contribution in [0.5, 0.6) is 0 Å². The number of carbonyl (C=O) groups is 1. The minimum absolute atomic E-state index is 0.249. The first-order valence-corrected chi connectivity index (χ1v) is 9.39. The summed E-state index contributed by atoms with van der Waals surface area (Å²) in [7, 11) is 0. The first kappa shape index (κ1) is 22.9. The van der Waals surface area contributed by atoms with Crippen molar-refractivity contribution in [2.75, 3.05) is 0 Å². The van der Waals surface area contributed by atoms with Crippen LogP contribution in [0.2, 0.25) is 0 Å². The van der Waals surface area contributed by atoms with Crippen LogP contribution in [0.15, 0.2) is 48.6 Å². The largest absolute Gasteiger partial charge is 0.481 e. The van der Waals surface area contributed by atoms with Crippen molar-refractivity contribution in [2.45, 2.75) is 71.1 Å². The predicted molar refractivity (Wildman–Crippen MR) is 105 cm³/mol. The van der Waals surface area contributed by atoms with E-state index >= 15 is 0 Å². The molecule has 0 amide bonds. The lowest BCUT2D eigenvalue weighted by atomic mass is 10.1. The third-order valence-electron chi connectivity index (χ3n) is 3.68. The van der Waals surface area contributed by atoms with Crippen LogP contribution in [-0.2, 0) is 4.79 Å². The van der Waals surface area contributed by atoms with Crippen LogP contribution in [0.4, 0.5) is 0 Å². The number of nitrogens with zero attached hydrogens (tertiary/aromatic N) is 1. The van der Waals surface area contributed by atoms with Gasteiger partial charge in [0.05, 0.1) is 6.07 Å². The van der Waals surface area contributed by atoms with Gasteiger partial charge in [-0.2, -0.15) is 5.26 Å². The lowest BCUT2D eigenvalue weighted by molar-refractivity contribution is -0.137. The Balaban J connectivity index is 3.60. The van der Waals surface area contributed by atoms with E-state index in [1.807, 2.05) is 0 Å². The van der Waals surface area contributed by atoms with E-state index in [0.29, 0.717) is 18.8 Å². The van der Waals surface area contributed by atoms with Crippen molar-refractivity contribution in [3.8, 4) is 6.07 Å². The molecule has 0 aliphatic heterocycles. The number of allylic oxidation sites excluding steroid dienone is 8. The highest BCUT2D eigenvalue weighted by Gasteiger charge is 1.92. The average Bonchev–Trinajstić information content (AvgIpc) is 2.58. The first-order chi connectivity index (χ1) is 12.2. The van der Waals surface area contributed by atoms with Crippen LogP contribution in [0.1, 0.15) is 71.1 Å². The zero-order valence-electron chi connectivity index (χ0n) is 15.6. The van der Waals surface area contributed by atoms with Crippen LogP contribution < -0.4 is 0 Å². The first-order valence-electron chi connectivity index (χ1n) is 9.39. The molecular formula is C22H33NO2. The van der Waals surface area contributed by atoms with Gasteiger partial charge in [0, 0.05) is 12.8 Å². The average molecular weight is 344 g/mol. The fourth-order valence-corrected chi connectivity index (χ4v) is 2.25. The van der Waals surface area contributed by atoms with Gasteiger partial charge in [-0.05, 0) is 50.9 Å². The molecule has 138 valence electrons. The topological polar surface area (TPSA) is 61.1 Å². The third-order valence-corrected chi connectivity index (χ3v) is 3.68. The smallest absolute Gasteiger partial charge is 0.303 e. The molecule has 0 aromatic rings. The highest BCUT2D eigenvalue weighted by Crippen LogP contribution is 2.06. The summed E-state index contributed by atoms with van der Waals surface area (Å²) >= 11 is 0.